The highest BCUT2D eigenvalue weighted by molar-refractivity contribution is 7.89. The molecule has 162 valence electrons. The van der Waals surface area contributed by atoms with Gasteiger partial charge in [0.15, 0.2) is 11.5 Å². The molecule has 2 heterocycles. The zero-order chi connectivity index (χ0) is 21.6. The van der Waals surface area contributed by atoms with Crippen LogP contribution in [0, 0.1) is 5.92 Å². The van der Waals surface area contributed by atoms with Crippen molar-refractivity contribution >= 4 is 21.6 Å². The van der Waals surface area contributed by atoms with Gasteiger partial charge in [-0.05, 0) is 42.5 Å². The fourth-order valence-corrected chi connectivity index (χ4v) is 6.49. The van der Waals surface area contributed by atoms with E-state index >= 15 is 0 Å². The van der Waals surface area contributed by atoms with Crippen LogP contribution in [0.4, 0.5) is 0 Å². The second-order valence-electron chi connectivity index (χ2n) is 8.13. The van der Waals surface area contributed by atoms with Crippen LogP contribution in [0.3, 0.4) is 0 Å². The number of rotatable bonds is 4. The number of aliphatic carboxylic acids is 1. The molecule has 0 radical (unpaired) electrons. The Morgan fingerprint density at radius 2 is 1.77 bits per heavy atom. The van der Waals surface area contributed by atoms with Crippen LogP contribution in [0.1, 0.15) is 43.2 Å². The molecule has 0 saturated heterocycles. The quantitative estimate of drug-likeness (QED) is 0.775. The maximum Gasteiger partial charge on any atom is 0.353 e. The van der Waals surface area contributed by atoms with Crippen LogP contribution in [0.25, 0.3) is 5.57 Å². The van der Waals surface area contributed by atoms with Gasteiger partial charge in [-0.15, -0.1) is 0 Å². The van der Waals surface area contributed by atoms with Gasteiger partial charge in [-0.25, -0.2) is 13.2 Å². The summed E-state index contributed by atoms with van der Waals surface area (Å²) in [5, 5.41) is 10.2. The van der Waals surface area contributed by atoms with Gasteiger partial charge in [-0.2, -0.15) is 0 Å². The number of hydrogen-bond acceptors (Lipinski definition) is 5. The minimum atomic E-state index is -3.99. The molecular formula is C23H23NO6S. The molecule has 1 fully saturated rings. The third kappa shape index (κ3) is 3.35. The Morgan fingerprint density at radius 3 is 2.55 bits per heavy atom. The summed E-state index contributed by atoms with van der Waals surface area (Å²) in [5.74, 6) is -0.0285. The first-order valence-corrected chi connectivity index (χ1v) is 11.9. The summed E-state index contributed by atoms with van der Waals surface area (Å²) in [4.78, 5) is 12.6. The highest BCUT2D eigenvalue weighted by Gasteiger charge is 2.41. The van der Waals surface area contributed by atoms with Crippen LogP contribution in [-0.2, 0) is 14.8 Å². The average molecular weight is 442 g/mol. The molecule has 2 aromatic carbocycles. The van der Waals surface area contributed by atoms with Crippen LogP contribution < -0.4 is 9.47 Å². The van der Waals surface area contributed by atoms with Crippen molar-refractivity contribution in [3.05, 3.63) is 59.3 Å². The van der Waals surface area contributed by atoms with E-state index in [1.165, 1.54) is 0 Å². The Hall–Kier alpha value is -3.00. The van der Waals surface area contributed by atoms with Crippen LogP contribution in [0.15, 0.2) is 53.1 Å². The number of nitrogens with zero attached hydrogens (tertiary/aromatic N) is 1. The van der Waals surface area contributed by atoms with Gasteiger partial charge in [-0.3, -0.25) is 4.31 Å². The third-order valence-electron chi connectivity index (χ3n) is 6.22. The van der Waals surface area contributed by atoms with Crippen molar-refractivity contribution < 1.29 is 27.8 Å². The van der Waals surface area contributed by atoms with Crippen molar-refractivity contribution in [2.24, 2.45) is 5.92 Å². The predicted molar refractivity (Wildman–Crippen MR) is 113 cm³/mol. The van der Waals surface area contributed by atoms with E-state index in [2.05, 4.69) is 0 Å². The topological polar surface area (TPSA) is 93.1 Å². The lowest BCUT2D eigenvalue weighted by atomic mass is 9.89. The molecule has 3 aliphatic rings. The van der Waals surface area contributed by atoms with Crippen LogP contribution in [0.2, 0.25) is 0 Å². The van der Waals surface area contributed by atoms with Gasteiger partial charge in [-0.1, -0.05) is 43.5 Å². The first kappa shape index (κ1) is 19.9. The summed E-state index contributed by atoms with van der Waals surface area (Å²) >= 11 is 0. The minimum absolute atomic E-state index is 0.0996. The number of hydrogen-bond donors (Lipinski definition) is 1. The van der Waals surface area contributed by atoms with Crippen molar-refractivity contribution in [1.29, 1.82) is 0 Å². The number of carboxylic acids is 1. The van der Waals surface area contributed by atoms with Crippen molar-refractivity contribution in [2.45, 2.75) is 37.0 Å². The van der Waals surface area contributed by atoms with Gasteiger partial charge in [0.25, 0.3) is 10.0 Å². The van der Waals surface area contributed by atoms with Crippen LogP contribution >= 0.6 is 0 Å². The lowest BCUT2D eigenvalue weighted by molar-refractivity contribution is -0.133. The molecule has 8 heteroatoms. The SMILES string of the molecule is O=C(O)C1=C(c2ccc3c(c2)OCO3)c2ccccc2S(=O)(=O)N1CC1CCCCC1. The molecule has 0 bridgehead atoms. The zero-order valence-corrected chi connectivity index (χ0v) is 17.7. The van der Waals surface area contributed by atoms with E-state index in [9.17, 15) is 18.3 Å². The fraction of sp³-hybridized carbons (Fsp3) is 0.348. The summed E-state index contributed by atoms with van der Waals surface area (Å²) in [6, 6.07) is 11.8. The van der Waals surface area contributed by atoms with E-state index in [4.69, 9.17) is 9.47 Å². The van der Waals surface area contributed by atoms with E-state index in [-0.39, 0.29) is 29.8 Å². The van der Waals surface area contributed by atoms with Crippen LogP contribution in [-0.4, -0.2) is 37.1 Å². The lowest BCUT2D eigenvalue weighted by Gasteiger charge is -2.35. The Labute approximate surface area is 180 Å². The molecule has 31 heavy (non-hydrogen) atoms. The first-order valence-electron chi connectivity index (χ1n) is 10.5. The molecule has 5 rings (SSSR count). The van der Waals surface area contributed by atoms with E-state index in [0.29, 0.717) is 28.2 Å². The molecule has 2 aromatic rings. The molecule has 7 nitrogen and oxygen atoms in total. The molecule has 0 atom stereocenters. The van der Waals surface area contributed by atoms with Gasteiger partial charge < -0.3 is 14.6 Å². The van der Waals surface area contributed by atoms with Gasteiger partial charge in [0.05, 0.1) is 4.90 Å². The molecule has 0 unspecified atom stereocenters. The minimum Gasteiger partial charge on any atom is -0.477 e. The maximum atomic E-state index is 13.5. The standard InChI is InChI=1S/C23H23NO6S/c25-23(26)22-21(16-10-11-18-19(12-16)30-14-29-18)17-8-4-5-9-20(17)31(27,28)24(22)13-15-6-2-1-3-7-15/h4-5,8-12,15H,1-3,6-7,13-14H2,(H,25,26). The number of sulfonamides is 1. The largest absolute Gasteiger partial charge is 0.477 e. The second-order valence-corrected chi connectivity index (χ2v) is 9.96. The lowest BCUT2D eigenvalue weighted by Crippen LogP contribution is -2.41. The molecule has 0 amide bonds. The van der Waals surface area contributed by atoms with E-state index in [1.54, 1.807) is 42.5 Å². The van der Waals surface area contributed by atoms with E-state index in [1.807, 2.05) is 0 Å². The fourth-order valence-electron chi connectivity index (χ4n) is 4.74. The molecular weight excluding hydrogens is 418 g/mol. The number of fused-ring (bicyclic) bond motifs is 2. The van der Waals surface area contributed by atoms with Crippen molar-refractivity contribution in [2.75, 3.05) is 13.3 Å². The third-order valence-corrected chi connectivity index (χ3v) is 8.05. The monoisotopic (exact) mass is 441 g/mol. The summed E-state index contributed by atoms with van der Waals surface area (Å²) in [7, 11) is -3.99. The van der Waals surface area contributed by atoms with Gasteiger partial charge >= 0.3 is 5.97 Å². The number of ether oxygens (including phenoxy) is 2. The molecule has 1 N–H and O–H groups in total. The number of carboxylic acid groups (broad SMARTS) is 1. The van der Waals surface area contributed by atoms with Crippen molar-refractivity contribution in [1.82, 2.24) is 4.31 Å². The highest BCUT2D eigenvalue weighted by Crippen LogP contribution is 2.44. The highest BCUT2D eigenvalue weighted by atomic mass is 32.2. The Morgan fingerprint density at radius 1 is 1.03 bits per heavy atom. The summed E-state index contributed by atoms with van der Waals surface area (Å²) in [6.07, 6.45) is 5.02. The Balaban J connectivity index is 1.73. The van der Waals surface area contributed by atoms with Crippen molar-refractivity contribution in [3.63, 3.8) is 0 Å². The number of benzene rings is 2. The smallest absolute Gasteiger partial charge is 0.353 e. The van der Waals surface area contributed by atoms with E-state index in [0.717, 1.165) is 36.4 Å². The first-order chi connectivity index (χ1) is 15.0. The molecule has 0 spiro atoms. The number of carbonyl (C=O) groups is 1. The van der Waals surface area contributed by atoms with Gasteiger partial charge in [0.1, 0.15) is 5.70 Å². The molecule has 0 aromatic heterocycles. The summed E-state index contributed by atoms with van der Waals surface area (Å²) in [6.45, 7) is 0.273. The Bertz CT molecular complexity index is 1180. The van der Waals surface area contributed by atoms with Gasteiger partial charge in [0.2, 0.25) is 6.79 Å². The zero-order valence-electron chi connectivity index (χ0n) is 16.9. The molecule has 1 saturated carbocycles. The average Bonchev–Trinajstić information content (AvgIpc) is 3.24. The summed E-state index contributed by atoms with van der Waals surface area (Å²) in [5.41, 5.74) is 1.14. The van der Waals surface area contributed by atoms with E-state index < -0.39 is 16.0 Å². The van der Waals surface area contributed by atoms with Crippen LogP contribution in [0.5, 0.6) is 11.5 Å². The second kappa shape index (κ2) is 7.60. The Kier molecular flexibility index (Phi) is 4.89. The van der Waals surface area contributed by atoms with Gasteiger partial charge in [0, 0.05) is 17.7 Å². The maximum absolute atomic E-state index is 13.5. The predicted octanol–water partition coefficient (Wildman–Crippen LogP) is 3.84. The summed E-state index contributed by atoms with van der Waals surface area (Å²) < 4.78 is 39.1. The molecule has 2 aliphatic heterocycles. The van der Waals surface area contributed by atoms with Crippen molar-refractivity contribution in [3.8, 4) is 11.5 Å². The molecule has 1 aliphatic carbocycles. The normalized spacial score (nSPS) is 19.9.